The van der Waals surface area contributed by atoms with E-state index in [1.165, 1.54) is 11.3 Å². The Morgan fingerprint density at radius 3 is 3.07 bits per heavy atom. The smallest absolute Gasteiger partial charge is 0.365 e. The summed E-state index contributed by atoms with van der Waals surface area (Å²) in [6.45, 7) is 0.769. The molecule has 0 radical (unpaired) electrons. The number of hydrogen-bond donors (Lipinski definition) is 1. The van der Waals surface area contributed by atoms with Gasteiger partial charge in [0, 0.05) is 12.8 Å². The summed E-state index contributed by atoms with van der Waals surface area (Å²) in [5, 5.41) is 8.85. The topological polar surface area (TPSA) is 59.4 Å². The maximum Gasteiger partial charge on any atom is 0.365 e. The number of rotatable bonds is 2. The summed E-state index contributed by atoms with van der Waals surface area (Å²) in [5.41, 5.74) is 0. The Morgan fingerprint density at radius 1 is 1.64 bits per heavy atom. The normalized spacial score (nSPS) is 22.1. The third-order valence-electron chi connectivity index (χ3n) is 2.20. The van der Waals surface area contributed by atoms with Crippen molar-refractivity contribution in [3.05, 3.63) is 16.1 Å². The molecule has 1 unspecified atom stereocenters. The van der Waals surface area contributed by atoms with Crippen molar-refractivity contribution in [1.29, 1.82) is 0 Å². The van der Waals surface area contributed by atoms with Crippen molar-refractivity contribution in [3.8, 4) is 0 Å². The van der Waals surface area contributed by atoms with Gasteiger partial charge in [0.2, 0.25) is 5.01 Å². The van der Waals surface area contributed by atoms with E-state index in [0.717, 1.165) is 30.7 Å². The molecule has 2 heterocycles. The Hall–Kier alpha value is -0.940. The minimum Gasteiger partial charge on any atom is -0.476 e. The van der Waals surface area contributed by atoms with Crippen LogP contribution >= 0.6 is 11.3 Å². The molecular formula is C9H11NO3S. The monoisotopic (exact) mass is 213 g/mol. The number of thiazole rings is 1. The van der Waals surface area contributed by atoms with Crippen molar-refractivity contribution < 1.29 is 14.6 Å². The molecule has 1 aliphatic heterocycles. The average Bonchev–Trinajstić information content (AvgIpc) is 2.68. The number of aromatic carboxylic acids is 1. The van der Waals surface area contributed by atoms with Crippen molar-refractivity contribution in [2.45, 2.75) is 25.4 Å². The van der Waals surface area contributed by atoms with Gasteiger partial charge in [-0.3, -0.25) is 0 Å². The quantitative estimate of drug-likeness (QED) is 0.817. The van der Waals surface area contributed by atoms with Gasteiger partial charge in [0.1, 0.15) is 0 Å². The summed E-state index contributed by atoms with van der Waals surface area (Å²) in [7, 11) is 0. The first kappa shape index (κ1) is 9.61. The molecule has 1 atom stereocenters. The van der Waals surface area contributed by atoms with Gasteiger partial charge in [0.15, 0.2) is 0 Å². The molecule has 1 aromatic heterocycles. The standard InChI is InChI=1S/C9H11NO3S/c11-9(12)8-10-5-7(14-8)6-3-1-2-4-13-6/h5-6H,1-4H2,(H,11,12). The highest BCUT2D eigenvalue weighted by Gasteiger charge is 2.20. The van der Waals surface area contributed by atoms with Gasteiger partial charge in [-0.05, 0) is 19.3 Å². The lowest BCUT2D eigenvalue weighted by molar-refractivity contribution is 0.0171. The number of carboxylic acids is 1. The van der Waals surface area contributed by atoms with E-state index < -0.39 is 5.97 Å². The highest BCUT2D eigenvalue weighted by molar-refractivity contribution is 7.13. The van der Waals surface area contributed by atoms with Gasteiger partial charge in [0.25, 0.3) is 0 Å². The van der Waals surface area contributed by atoms with E-state index in [2.05, 4.69) is 4.98 Å². The zero-order chi connectivity index (χ0) is 9.97. The number of carboxylic acid groups (broad SMARTS) is 1. The lowest BCUT2D eigenvalue weighted by Gasteiger charge is -2.20. The first-order valence-corrected chi connectivity index (χ1v) is 5.39. The summed E-state index contributed by atoms with van der Waals surface area (Å²) in [6.07, 6.45) is 4.89. The maximum absolute atomic E-state index is 10.6. The molecule has 1 fully saturated rings. The second-order valence-electron chi connectivity index (χ2n) is 3.23. The number of ether oxygens (including phenoxy) is 1. The molecule has 14 heavy (non-hydrogen) atoms. The summed E-state index contributed by atoms with van der Waals surface area (Å²) < 4.78 is 5.53. The molecule has 0 bridgehead atoms. The van der Waals surface area contributed by atoms with E-state index in [0.29, 0.717) is 0 Å². The Kier molecular flexibility index (Phi) is 2.79. The SMILES string of the molecule is O=C(O)c1ncc(C2CCCCO2)s1. The van der Waals surface area contributed by atoms with Crippen LogP contribution in [0.3, 0.4) is 0 Å². The van der Waals surface area contributed by atoms with Gasteiger partial charge in [-0.2, -0.15) is 0 Å². The first-order valence-electron chi connectivity index (χ1n) is 4.58. The number of nitrogens with zero attached hydrogens (tertiary/aromatic N) is 1. The van der Waals surface area contributed by atoms with Crippen LogP contribution in [-0.4, -0.2) is 22.7 Å². The van der Waals surface area contributed by atoms with E-state index in [4.69, 9.17) is 9.84 Å². The molecule has 76 valence electrons. The van der Waals surface area contributed by atoms with Crippen LogP contribution in [0.2, 0.25) is 0 Å². The minimum atomic E-state index is -0.961. The van der Waals surface area contributed by atoms with Crippen LogP contribution in [0.5, 0.6) is 0 Å². The average molecular weight is 213 g/mol. The molecular weight excluding hydrogens is 202 g/mol. The molecule has 0 saturated carbocycles. The van der Waals surface area contributed by atoms with Crippen LogP contribution < -0.4 is 0 Å². The van der Waals surface area contributed by atoms with Crippen LogP contribution in [0.4, 0.5) is 0 Å². The molecule has 1 aromatic rings. The molecule has 4 nitrogen and oxygen atoms in total. The fourth-order valence-electron chi connectivity index (χ4n) is 1.50. The highest BCUT2D eigenvalue weighted by atomic mass is 32.1. The van der Waals surface area contributed by atoms with Gasteiger partial charge >= 0.3 is 5.97 Å². The van der Waals surface area contributed by atoms with E-state index in [9.17, 15) is 4.79 Å². The number of carbonyl (C=O) groups is 1. The largest absolute Gasteiger partial charge is 0.476 e. The van der Waals surface area contributed by atoms with Crippen LogP contribution in [-0.2, 0) is 4.74 Å². The Balaban J connectivity index is 2.11. The summed E-state index contributed by atoms with van der Waals surface area (Å²) in [6, 6.07) is 0. The van der Waals surface area contributed by atoms with Crippen LogP contribution in [0.1, 0.15) is 40.0 Å². The Bertz CT molecular complexity index is 331. The molecule has 1 saturated heterocycles. The van der Waals surface area contributed by atoms with Gasteiger partial charge in [-0.1, -0.05) is 0 Å². The van der Waals surface area contributed by atoms with Gasteiger partial charge in [-0.25, -0.2) is 9.78 Å². The number of hydrogen-bond acceptors (Lipinski definition) is 4. The predicted molar refractivity (Wildman–Crippen MR) is 51.6 cm³/mol. The second kappa shape index (κ2) is 4.06. The second-order valence-corrected chi connectivity index (χ2v) is 4.29. The highest BCUT2D eigenvalue weighted by Crippen LogP contribution is 2.31. The Labute approximate surface area is 85.5 Å². The maximum atomic E-state index is 10.6. The molecule has 0 aliphatic carbocycles. The summed E-state index contributed by atoms with van der Waals surface area (Å²) in [4.78, 5) is 15.4. The molecule has 0 aromatic carbocycles. The van der Waals surface area contributed by atoms with Gasteiger partial charge in [0.05, 0.1) is 11.0 Å². The zero-order valence-electron chi connectivity index (χ0n) is 7.60. The van der Waals surface area contributed by atoms with Gasteiger partial charge < -0.3 is 9.84 Å². The van der Waals surface area contributed by atoms with E-state index in [1.807, 2.05) is 0 Å². The van der Waals surface area contributed by atoms with Crippen LogP contribution in [0.25, 0.3) is 0 Å². The van der Waals surface area contributed by atoms with E-state index in [1.54, 1.807) is 6.20 Å². The van der Waals surface area contributed by atoms with Crippen molar-refractivity contribution in [3.63, 3.8) is 0 Å². The fourth-order valence-corrected chi connectivity index (χ4v) is 2.34. The third-order valence-corrected chi connectivity index (χ3v) is 3.28. The van der Waals surface area contributed by atoms with E-state index >= 15 is 0 Å². The summed E-state index contributed by atoms with van der Waals surface area (Å²) >= 11 is 1.21. The lowest BCUT2D eigenvalue weighted by Crippen LogP contribution is -2.09. The fraction of sp³-hybridized carbons (Fsp3) is 0.556. The van der Waals surface area contributed by atoms with Gasteiger partial charge in [-0.15, -0.1) is 11.3 Å². The third kappa shape index (κ3) is 1.93. The molecule has 0 amide bonds. The van der Waals surface area contributed by atoms with Crippen LogP contribution in [0, 0.1) is 0 Å². The van der Waals surface area contributed by atoms with E-state index in [-0.39, 0.29) is 11.1 Å². The Morgan fingerprint density at radius 2 is 2.50 bits per heavy atom. The summed E-state index contributed by atoms with van der Waals surface area (Å²) in [5.74, 6) is -0.961. The first-order chi connectivity index (χ1) is 6.77. The predicted octanol–water partition coefficient (Wildman–Crippen LogP) is 2.08. The molecule has 0 spiro atoms. The molecule has 5 heteroatoms. The molecule has 2 rings (SSSR count). The van der Waals surface area contributed by atoms with Crippen molar-refractivity contribution in [2.24, 2.45) is 0 Å². The molecule has 1 aliphatic rings. The lowest BCUT2D eigenvalue weighted by atomic mass is 10.1. The molecule has 1 N–H and O–H groups in total. The van der Waals surface area contributed by atoms with Crippen LogP contribution in [0.15, 0.2) is 6.20 Å². The number of aromatic nitrogens is 1. The minimum absolute atomic E-state index is 0.0642. The van der Waals surface area contributed by atoms with Crippen molar-refractivity contribution in [2.75, 3.05) is 6.61 Å². The zero-order valence-corrected chi connectivity index (χ0v) is 8.42. The van der Waals surface area contributed by atoms with Crippen molar-refractivity contribution in [1.82, 2.24) is 4.98 Å². The van der Waals surface area contributed by atoms with Crippen molar-refractivity contribution >= 4 is 17.3 Å².